The second-order valence-electron chi connectivity index (χ2n) is 5.30. The van der Waals surface area contributed by atoms with E-state index in [4.69, 9.17) is 4.74 Å². The molecule has 0 aliphatic carbocycles. The van der Waals surface area contributed by atoms with Gasteiger partial charge in [-0.25, -0.2) is 0 Å². The first-order valence-corrected chi connectivity index (χ1v) is 6.92. The first-order chi connectivity index (χ1) is 10.1. The molecule has 0 fully saturated rings. The molecule has 0 saturated heterocycles. The van der Waals surface area contributed by atoms with Crippen LogP contribution in [0.3, 0.4) is 0 Å². The molecule has 4 nitrogen and oxygen atoms in total. The van der Waals surface area contributed by atoms with Gasteiger partial charge >= 0.3 is 0 Å². The van der Waals surface area contributed by atoms with E-state index >= 15 is 0 Å². The molecule has 0 aliphatic rings. The van der Waals surface area contributed by atoms with E-state index in [9.17, 15) is 5.11 Å². The number of benzene rings is 2. The van der Waals surface area contributed by atoms with E-state index in [-0.39, 0.29) is 5.75 Å². The number of nitrogens with zero attached hydrogens (tertiary/aromatic N) is 1. The van der Waals surface area contributed by atoms with Crippen LogP contribution in [0.1, 0.15) is 11.1 Å². The molecule has 4 heteroatoms. The second-order valence-corrected chi connectivity index (χ2v) is 5.30. The zero-order valence-corrected chi connectivity index (χ0v) is 12.8. The van der Waals surface area contributed by atoms with Crippen LogP contribution in [-0.2, 0) is 13.1 Å². The number of phenols is 1. The Morgan fingerprint density at radius 2 is 1.90 bits per heavy atom. The first kappa shape index (κ1) is 15.2. The third kappa shape index (κ3) is 4.39. The number of anilines is 1. The van der Waals surface area contributed by atoms with Crippen molar-refractivity contribution in [2.45, 2.75) is 13.1 Å². The number of nitrogens with one attached hydrogen (secondary N) is 1. The molecule has 0 aromatic heterocycles. The minimum atomic E-state index is 0.161. The predicted molar refractivity (Wildman–Crippen MR) is 85.8 cm³/mol. The molecule has 2 N–H and O–H groups in total. The van der Waals surface area contributed by atoms with Crippen LogP contribution in [0.15, 0.2) is 42.5 Å². The summed E-state index contributed by atoms with van der Waals surface area (Å²) < 4.78 is 5.12. The van der Waals surface area contributed by atoms with Crippen molar-refractivity contribution >= 4 is 5.69 Å². The largest absolute Gasteiger partial charge is 0.504 e. The smallest absolute Gasteiger partial charge is 0.160 e. The van der Waals surface area contributed by atoms with Crippen molar-refractivity contribution < 1.29 is 9.84 Å². The summed E-state index contributed by atoms with van der Waals surface area (Å²) in [5.41, 5.74) is 3.41. The number of rotatable bonds is 6. The SMILES string of the molecule is COc1cc(CNc2cccc(CN(C)C)c2)ccc1O. The number of methoxy groups -OCH3 is 1. The normalized spacial score (nSPS) is 10.7. The molecule has 0 aliphatic heterocycles. The van der Waals surface area contributed by atoms with Gasteiger partial charge in [0.05, 0.1) is 7.11 Å². The van der Waals surface area contributed by atoms with Crippen LogP contribution >= 0.6 is 0 Å². The highest BCUT2D eigenvalue weighted by molar-refractivity contribution is 5.48. The Kier molecular flexibility index (Phi) is 5.06. The maximum atomic E-state index is 9.59. The van der Waals surface area contributed by atoms with Crippen molar-refractivity contribution in [1.82, 2.24) is 4.90 Å². The molecular weight excluding hydrogens is 264 g/mol. The second kappa shape index (κ2) is 6.99. The van der Waals surface area contributed by atoms with E-state index < -0.39 is 0 Å². The standard InChI is InChI=1S/C17H22N2O2/c1-19(2)12-14-5-4-6-15(9-14)18-11-13-7-8-16(20)17(10-13)21-3/h4-10,18,20H,11-12H2,1-3H3. The molecule has 0 bridgehead atoms. The Balaban J connectivity index is 2.02. The molecule has 0 atom stereocenters. The van der Waals surface area contributed by atoms with Gasteiger partial charge in [-0.05, 0) is 49.5 Å². The van der Waals surface area contributed by atoms with Gasteiger partial charge in [0.25, 0.3) is 0 Å². The Bertz CT molecular complexity index is 597. The van der Waals surface area contributed by atoms with E-state index in [1.165, 1.54) is 5.56 Å². The lowest BCUT2D eigenvalue weighted by molar-refractivity contribution is 0.373. The zero-order chi connectivity index (χ0) is 15.2. The molecule has 0 heterocycles. The van der Waals surface area contributed by atoms with E-state index in [0.29, 0.717) is 12.3 Å². The van der Waals surface area contributed by atoms with Crippen molar-refractivity contribution in [2.75, 3.05) is 26.5 Å². The van der Waals surface area contributed by atoms with Crippen molar-refractivity contribution in [3.05, 3.63) is 53.6 Å². The van der Waals surface area contributed by atoms with Gasteiger partial charge in [0, 0.05) is 18.8 Å². The van der Waals surface area contributed by atoms with Crippen molar-refractivity contribution in [2.24, 2.45) is 0 Å². The van der Waals surface area contributed by atoms with Gasteiger partial charge < -0.3 is 20.1 Å². The van der Waals surface area contributed by atoms with Crippen LogP contribution in [-0.4, -0.2) is 31.2 Å². The van der Waals surface area contributed by atoms with E-state index in [0.717, 1.165) is 17.8 Å². The molecule has 0 saturated carbocycles. The Labute approximate surface area is 126 Å². The fraction of sp³-hybridized carbons (Fsp3) is 0.294. The summed E-state index contributed by atoms with van der Waals surface area (Å²) in [5, 5.41) is 13.0. The summed E-state index contributed by atoms with van der Waals surface area (Å²) in [5.74, 6) is 0.657. The maximum Gasteiger partial charge on any atom is 0.160 e. The first-order valence-electron chi connectivity index (χ1n) is 6.92. The summed E-state index contributed by atoms with van der Waals surface area (Å²) >= 11 is 0. The van der Waals surface area contributed by atoms with Crippen LogP contribution in [0.5, 0.6) is 11.5 Å². The minimum absolute atomic E-state index is 0.161. The van der Waals surface area contributed by atoms with Gasteiger partial charge in [0.2, 0.25) is 0 Å². The van der Waals surface area contributed by atoms with E-state index in [2.05, 4.69) is 48.6 Å². The van der Waals surface area contributed by atoms with Crippen LogP contribution in [0.4, 0.5) is 5.69 Å². The monoisotopic (exact) mass is 286 g/mol. The number of ether oxygens (including phenoxy) is 1. The van der Waals surface area contributed by atoms with Crippen molar-refractivity contribution in [1.29, 1.82) is 0 Å². The quantitative estimate of drug-likeness (QED) is 0.856. The molecule has 2 rings (SSSR count). The highest BCUT2D eigenvalue weighted by Crippen LogP contribution is 2.26. The lowest BCUT2D eigenvalue weighted by Gasteiger charge is -2.12. The van der Waals surface area contributed by atoms with Crippen LogP contribution in [0.25, 0.3) is 0 Å². The minimum Gasteiger partial charge on any atom is -0.504 e. The van der Waals surface area contributed by atoms with Crippen molar-refractivity contribution in [3.63, 3.8) is 0 Å². The topological polar surface area (TPSA) is 44.7 Å². The Hall–Kier alpha value is -2.20. The van der Waals surface area contributed by atoms with Crippen molar-refractivity contribution in [3.8, 4) is 11.5 Å². The van der Waals surface area contributed by atoms with Gasteiger partial charge in [-0.1, -0.05) is 18.2 Å². The number of aromatic hydroxyl groups is 1. The van der Waals surface area contributed by atoms with Crippen LogP contribution in [0, 0.1) is 0 Å². The summed E-state index contributed by atoms with van der Waals surface area (Å²) in [6.07, 6.45) is 0. The van der Waals surface area contributed by atoms with Gasteiger partial charge in [0.1, 0.15) is 0 Å². The van der Waals surface area contributed by atoms with E-state index in [1.807, 2.05) is 12.1 Å². The summed E-state index contributed by atoms with van der Waals surface area (Å²) in [6, 6.07) is 13.8. The summed E-state index contributed by atoms with van der Waals surface area (Å²) in [7, 11) is 5.67. The third-order valence-corrected chi connectivity index (χ3v) is 3.17. The summed E-state index contributed by atoms with van der Waals surface area (Å²) in [6.45, 7) is 1.60. The lowest BCUT2D eigenvalue weighted by Crippen LogP contribution is -2.10. The molecule has 112 valence electrons. The van der Waals surface area contributed by atoms with Crippen LogP contribution in [0.2, 0.25) is 0 Å². The molecule has 0 radical (unpaired) electrons. The Morgan fingerprint density at radius 3 is 2.62 bits per heavy atom. The average Bonchev–Trinajstić information content (AvgIpc) is 2.46. The third-order valence-electron chi connectivity index (χ3n) is 3.17. The zero-order valence-electron chi connectivity index (χ0n) is 12.8. The molecule has 2 aromatic carbocycles. The molecule has 21 heavy (non-hydrogen) atoms. The molecule has 2 aromatic rings. The van der Waals surface area contributed by atoms with Gasteiger partial charge in [-0.15, -0.1) is 0 Å². The highest BCUT2D eigenvalue weighted by atomic mass is 16.5. The average molecular weight is 286 g/mol. The number of hydrogen-bond acceptors (Lipinski definition) is 4. The predicted octanol–water partition coefficient (Wildman–Crippen LogP) is 3.07. The molecule has 0 amide bonds. The maximum absolute atomic E-state index is 9.59. The molecule has 0 spiro atoms. The molecule has 0 unspecified atom stereocenters. The highest BCUT2D eigenvalue weighted by Gasteiger charge is 2.03. The van der Waals surface area contributed by atoms with Gasteiger partial charge in [-0.2, -0.15) is 0 Å². The fourth-order valence-electron chi connectivity index (χ4n) is 2.18. The fourth-order valence-corrected chi connectivity index (χ4v) is 2.18. The number of phenolic OH excluding ortho intramolecular Hbond substituents is 1. The van der Waals surface area contributed by atoms with Gasteiger partial charge in [0.15, 0.2) is 11.5 Å². The molecular formula is C17H22N2O2. The number of hydrogen-bond donors (Lipinski definition) is 2. The summed E-state index contributed by atoms with van der Waals surface area (Å²) in [4.78, 5) is 2.14. The lowest BCUT2D eigenvalue weighted by atomic mass is 10.1. The van der Waals surface area contributed by atoms with Crippen LogP contribution < -0.4 is 10.1 Å². The Morgan fingerprint density at radius 1 is 1.10 bits per heavy atom. The van der Waals surface area contributed by atoms with Gasteiger partial charge in [-0.3, -0.25) is 0 Å². The van der Waals surface area contributed by atoms with E-state index in [1.54, 1.807) is 13.2 Å².